The van der Waals surface area contributed by atoms with Crippen LogP contribution in [0.2, 0.25) is 0 Å². The summed E-state index contributed by atoms with van der Waals surface area (Å²) in [6, 6.07) is 6.07. The number of nitrogens with two attached hydrogens (primary N) is 1. The van der Waals surface area contributed by atoms with Gasteiger partial charge in [0.15, 0.2) is 11.5 Å². The van der Waals surface area contributed by atoms with E-state index in [4.69, 9.17) is 15.2 Å². The summed E-state index contributed by atoms with van der Waals surface area (Å²) in [5.74, 6) is 1.57. The van der Waals surface area contributed by atoms with E-state index in [1.807, 2.05) is 24.3 Å². The molecule has 0 aliphatic carbocycles. The summed E-state index contributed by atoms with van der Waals surface area (Å²) in [7, 11) is 1.65. The largest absolute Gasteiger partial charge is 0.493 e. The third-order valence-electron chi connectivity index (χ3n) is 2.86. The number of hydrogen-bond donors (Lipinski definition) is 1. The van der Waals surface area contributed by atoms with Crippen molar-refractivity contribution in [1.29, 1.82) is 0 Å². The predicted molar refractivity (Wildman–Crippen MR) is 75.3 cm³/mol. The number of para-hydroxylation sites is 1. The van der Waals surface area contributed by atoms with Gasteiger partial charge in [-0.05, 0) is 30.9 Å². The number of benzene rings is 1. The zero-order chi connectivity index (χ0) is 13.4. The van der Waals surface area contributed by atoms with E-state index in [0.717, 1.165) is 36.3 Å². The molecule has 3 heteroatoms. The maximum Gasteiger partial charge on any atom is 0.164 e. The molecule has 0 aromatic heterocycles. The van der Waals surface area contributed by atoms with Crippen molar-refractivity contribution in [2.75, 3.05) is 13.7 Å². The van der Waals surface area contributed by atoms with E-state index in [1.54, 1.807) is 7.11 Å². The standard InChI is InChI=1S/C15H23NO2/c1-4-6-10-18-15-12(11-13(16)5-2)8-7-9-14(15)17-3/h4,7-9,13H,1,5-6,10-11,16H2,2-3H3. The highest BCUT2D eigenvalue weighted by Gasteiger charge is 2.12. The van der Waals surface area contributed by atoms with E-state index in [1.165, 1.54) is 0 Å². The molecule has 0 heterocycles. The van der Waals surface area contributed by atoms with Gasteiger partial charge in [0.1, 0.15) is 0 Å². The van der Waals surface area contributed by atoms with Gasteiger partial charge in [0, 0.05) is 6.04 Å². The molecule has 18 heavy (non-hydrogen) atoms. The fourth-order valence-corrected chi connectivity index (χ4v) is 1.72. The monoisotopic (exact) mass is 249 g/mol. The zero-order valence-electron chi connectivity index (χ0n) is 11.3. The van der Waals surface area contributed by atoms with Gasteiger partial charge >= 0.3 is 0 Å². The van der Waals surface area contributed by atoms with E-state index in [9.17, 15) is 0 Å². The minimum Gasteiger partial charge on any atom is -0.493 e. The van der Waals surface area contributed by atoms with Crippen molar-refractivity contribution in [3.05, 3.63) is 36.4 Å². The van der Waals surface area contributed by atoms with Gasteiger partial charge in [0.25, 0.3) is 0 Å². The molecule has 1 rings (SSSR count). The molecule has 100 valence electrons. The van der Waals surface area contributed by atoms with E-state index in [2.05, 4.69) is 13.5 Å². The molecule has 0 bridgehead atoms. The first-order valence-corrected chi connectivity index (χ1v) is 6.38. The summed E-state index contributed by atoms with van der Waals surface area (Å²) in [6.45, 7) is 6.38. The van der Waals surface area contributed by atoms with Crippen molar-refractivity contribution in [2.45, 2.75) is 32.2 Å². The van der Waals surface area contributed by atoms with Crippen LogP contribution in [0, 0.1) is 0 Å². The normalized spacial score (nSPS) is 11.9. The Morgan fingerprint density at radius 2 is 2.22 bits per heavy atom. The SMILES string of the molecule is C=CCCOc1c(CC(N)CC)cccc1OC. The van der Waals surface area contributed by atoms with Crippen LogP contribution < -0.4 is 15.2 Å². The van der Waals surface area contributed by atoms with E-state index < -0.39 is 0 Å². The second kappa shape index (κ2) is 7.77. The van der Waals surface area contributed by atoms with Gasteiger partial charge in [0.05, 0.1) is 13.7 Å². The van der Waals surface area contributed by atoms with Crippen molar-refractivity contribution in [1.82, 2.24) is 0 Å². The lowest BCUT2D eigenvalue weighted by molar-refractivity contribution is 0.296. The highest BCUT2D eigenvalue weighted by molar-refractivity contribution is 5.47. The predicted octanol–water partition coefficient (Wildman–Crippen LogP) is 2.93. The zero-order valence-corrected chi connectivity index (χ0v) is 11.3. The van der Waals surface area contributed by atoms with Crippen molar-refractivity contribution in [3.63, 3.8) is 0 Å². The summed E-state index contributed by atoms with van der Waals surface area (Å²) in [5.41, 5.74) is 7.11. The molecule has 0 saturated heterocycles. The fraction of sp³-hybridized carbons (Fsp3) is 0.467. The lowest BCUT2D eigenvalue weighted by Gasteiger charge is -2.16. The number of rotatable bonds is 8. The Morgan fingerprint density at radius 1 is 1.44 bits per heavy atom. The van der Waals surface area contributed by atoms with Crippen molar-refractivity contribution >= 4 is 0 Å². The Hall–Kier alpha value is -1.48. The van der Waals surface area contributed by atoms with Crippen LogP contribution in [-0.4, -0.2) is 19.8 Å². The van der Waals surface area contributed by atoms with Crippen molar-refractivity contribution < 1.29 is 9.47 Å². The van der Waals surface area contributed by atoms with Crippen LogP contribution in [0.5, 0.6) is 11.5 Å². The van der Waals surface area contributed by atoms with Crippen LogP contribution >= 0.6 is 0 Å². The van der Waals surface area contributed by atoms with E-state index in [0.29, 0.717) is 6.61 Å². The van der Waals surface area contributed by atoms with E-state index in [-0.39, 0.29) is 6.04 Å². The molecule has 3 nitrogen and oxygen atoms in total. The first-order valence-electron chi connectivity index (χ1n) is 6.38. The molecule has 1 atom stereocenters. The Morgan fingerprint density at radius 3 is 2.83 bits per heavy atom. The summed E-state index contributed by atoms with van der Waals surface area (Å²) in [4.78, 5) is 0. The molecular formula is C15H23NO2. The lowest BCUT2D eigenvalue weighted by Crippen LogP contribution is -2.21. The topological polar surface area (TPSA) is 44.5 Å². The second-order valence-electron chi connectivity index (χ2n) is 4.25. The Kier molecular flexibility index (Phi) is 6.29. The van der Waals surface area contributed by atoms with Crippen LogP contribution in [0.3, 0.4) is 0 Å². The van der Waals surface area contributed by atoms with Gasteiger partial charge in [0.2, 0.25) is 0 Å². The Labute approximate surface area is 110 Å². The molecule has 0 aliphatic heterocycles. The first-order chi connectivity index (χ1) is 8.72. The first kappa shape index (κ1) is 14.6. The highest BCUT2D eigenvalue weighted by atomic mass is 16.5. The van der Waals surface area contributed by atoms with Gasteiger partial charge in [-0.3, -0.25) is 0 Å². The second-order valence-corrected chi connectivity index (χ2v) is 4.25. The Balaban J connectivity index is 2.88. The average molecular weight is 249 g/mol. The molecule has 2 N–H and O–H groups in total. The van der Waals surface area contributed by atoms with Crippen LogP contribution in [-0.2, 0) is 6.42 Å². The molecule has 0 aliphatic rings. The average Bonchev–Trinajstić information content (AvgIpc) is 2.40. The highest BCUT2D eigenvalue weighted by Crippen LogP contribution is 2.32. The summed E-state index contributed by atoms with van der Waals surface area (Å²) in [6.07, 6.45) is 4.41. The third-order valence-corrected chi connectivity index (χ3v) is 2.86. The van der Waals surface area contributed by atoms with Crippen LogP contribution in [0.1, 0.15) is 25.3 Å². The molecular weight excluding hydrogens is 226 g/mol. The van der Waals surface area contributed by atoms with Crippen LogP contribution in [0.15, 0.2) is 30.9 Å². The molecule has 0 saturated carbocycles. The molecule has 1 unspecified atom stereocenters. The van der Waals surface area contributed by atoms with Gasteiger partial charge in [-0.25, -0.2) is 0 Å². The van der Waals surface area contributed by atoms with Crippen molar-refractivity contribution in [2.24, 2.45) is 5.73 Å². The summed E-state index contributed by atoms with van der Waals surface area (Å²) in [5, 5.41) is 0. The lowest BCUT2D eigenvalue weighted by atomic mass is 10.0. The molecule has 0 amide bonds. The Bertz CT molecular complexity index is 377. The van der Waals surface area contributed by atoms with Crippen molar-refractivity contribution in [3.8, 4) is 11.5 Å². The van der Waals surface area contributed by atoms with Crippen LogP contribution in [0.4, 0.5) is 0 Å². The van der Waals surface area contributed by atoms with Gasteiger partial charge in [-0.1, -0.05) is 25.1 Å². The number of methoxy groups -OCH3 is 1. The van der Waals surface area contributed by atoms with Gasteiger partial charge in [-0.15, -0.1) is 6.58 Å². The maximum atomic E-state index is 6.01. The molecule has 0 fully saturated rings. The van der Waals surface area contributed by atoms with E-state index >= 15 is 0 Å². The molecule has 0 spiro atoms. The maximum absolute atomic E-state index is 6.01. The smallest absolute Gasteiger partial charge is 0.164 e. The van der Waals surface area contributed by atoms with Crippen LogP contribution in [0.25, 0.3) is 0 Å². The molecule has 0 radical (unpaired) electrons. The summed E-state index contributed by atoms with van der Waals surface area (Å²) < 4.78 is 11.1. The van der Waals surface area contributed by atoms with Gasteiger partial charge < -0.3 is 15.2 Å². The summed E-state index contributed by atoms with van der Waals surface area (Å²) >= 11 is 0. The minimum atomic E-state index is 0.152. The fourth-order valence-electron chi connectivity index (χ4n) is 1.72. The third kappa shape index (κ3) is 4.08. The quantitative estimate of drug-likeness (QED) is 0.569. The minimum absolute atomic E-state index is 0.152. The molecule has 1 aromatic carbocycles. The molecule has 1 aromatic rings. The number of hydrogen-bond acceptors (Lipinski definition) is 3. The number of ether oxygens (including phenoxy) is 2. The van der Waals surface area contributed by atoms with Gasteiger partial charge in [-0.2, -0.15) is 0 Å².